The predicted octanol–water partition coefficient (Wildman–Crippen LogP) is 1.59. The minimum absolute atomic E-state index is 0.160. The Hall–Kier alpha value is -3.54. The summed E-state index contributed by atoms with van der Waals surface area (Å²) in [6, 6.07) is 3.45. The molecule has 0 atom stereocenters. The van der Waals surface area contributed by atoms with Gasteiger partial charge in [-0.05, 0) is 24.1 Å². The Kier molecular flexibility index (Phi) is 7.59. The Bertz CT molecular complexity index is 1250. The summed E-state index contributed by atoms with van der Waals surface area (Å²) < 4.78 is 12.9. The highest BCUT2D eigenvalue weighted by atomic mass is 16.5. The fourth-order valence-electron chi connectivity index (χ4n) is 4.21. The summed E-state index contributed by atoms with van der Waals surface area (Å²) in [5.74, 6) is -0.0694. The topological polar surface area (TPSA) is 155 Å². The highest BCUT2D eigenvalue weighted by molar-refractivity contribution is 6.03. The second-order valence-electron chi connectivity index (χ2n) is 8.33. The molecule has 5 N–H and O–H groups in total. The molecule has 2 aromatic heterocycles. The van der Waals surface area contributed by atoms with Crippen LogP contribution < -0.4 is 16.8 Å². The number of morpholine rings is 1. The summed E-state index contributed by atoms with van der Waals surface area (Å²) in [4.78, 5) is 36.4. The molecule has 11 heteroatoms. The molecular weight excluding hydrogens is 450 g/mol. The molecule has 0 unspecified atom stereocenters. The molecule has 3 aromatic rings. The third kappa shape index (κ3) is 5.42. The van der Waals surface area contributed by atoms with Crippen LogP contribution >= 0.6 is 0 Å². The number of ether oxygens (including phenoxy) is 1. The molecule has 1 fully saturated rings. The van der Waals surface area contributed by atoms with Crippen molar-refractivity contribution in [1.29, 1.82) is 0 Å². The van der Waals surface area contributed by atoms with Gasteiger partial charge in [-0.2, -0.15) is 0 Å². The molecule has 0 saturated carbocycles. The minimum atomic E-state index is -0.539. The Morgan fingerprint density at radius 1 is 1.20 bits per heavy atom. The van der Waals surface area contributed by atoms with Gasteiger partial charge in [-0.15, -0.1) is 0 Å². The van der Waals surface area contributed by atoms with E-state index in [1.807, 2.05) is 23.6 Å². The number of nitrogens with one attached hydrogen (secondary N) is 1. The number of nitrogens with zero attached hydrogens (tertiary/aromatic N) is 4. The van der Waals surface area contributed by atoms with Crippen LogP contribution in [0.2, 0.25) is 0 Å². The quantitative estimate of drug-likeness (QED) is 0.389. The number of primary amides is 1. The molecule has 11 nitrogen and oxygen atoms in total. The Morgan fingerprint density at radius 3 is 2.66 bits per heavy atom. The van der Waals surface area contributed by atoms with E-state index in [4.69, 9.17) is 20.6 Å². The lowest BCUT2D eigenvalue weighted by Crippen LogP contribution is -2.35. The monoisotopic (exact) mass is 481 g/mol. The third-order valence-electron chi connectivity index (χ3n) is 5.86. The number of rotatable bonds is 9. The summed E-state index contributed by atoms with van der Waals surface area (Å²) >= 11 is 0. The van der Waals surface area contributed by atoms with E-state index in [2.05, 4.69) is 20.2 Å². The van der Waals surface area contributed by atoms with Crippen molar-refractivity contribution >= 4 is 28.8 Å². The number of anilines is 1. The van der Waals surface area contributed by atoms with Crippen LogP contribution in [0.1, 0.15) is 45.0 Å². The number of carbonyl (C=O) groups is 2. The summed E-state index contributed by atoms with van der Waals surface area (Å²) in [5.41, 5.74) is 14.5. The zero-order valence-corrected chi connectivity index (χ0v) is 20.0. The largest absolute Gasteiger partial charge is 0.436 e. The SMILES string of the molecule is CCc1nc(C)oc1C(=O)Nc1nc2cc(C(N)=O)cc(CN3CCOCC3)c2n1C/C=C/CN. The molecule has 4 rings (SSSR count). The van der Waals surface area contributed by atoms with Crippen molar-refractivity contribution in [2.75, 3.05) is 38.2 Å². The number of allylic oxidation sites excluding steroid dienone is 1. The van der Waals surface area contributed by atoms with Gasteiger partial charge in [-0.25, -0.2) is 9.97 Å². The Morgan fingerprint density at radius 2 is 1.97 bits per heavy atom. The summed E-state index contributed by atoms with van der Waals surface area (Å²) in [7, 11) is 0. The molecule has 1 aliphatic rings. The molecule has 1 saturated heterocycles. The maximum Gasteiger partial charge on any atom is 0.295 e. The highest BCUT2D eigenvalue weighted by Gasteiger charge is 2.23. The van der Waals surface area contributed by atoms with E-state index in [-0.39, 0.29) is 5.76 Å². The summed E-state index contributed by atoms with van der Waals surface area (Å²) in [5, 5.41) is 2.88. The van der Waals surface area contributed by atoms with Gasteiger partial charge in [-0.1, -0.05) is 19.1 Å². The number of imidazole rings is 1. The first-order valence-electron chi connectivity index (χ1n) is 11.7. The van der Waals surface area contributed by atoms with Crippen molar-refractivity contribution < 1.29 is 18.7 Å². The normalized spacial score (nSPS) is 14.7. The number of oxazole rings is 1. The molecular formula is C24H31N7O4. The number of hydrogen-bond acceptors (Lipinski definition) is 8. The second kappa shape index (κ2) is 10.8. The van der Waals surface area contributed by atoms with Crippen LogP contribution in [0.25, 0.3) is 11.0 Å². The maximum atomic E-state index is 13.1. The lowest BCUT2D eigenvalue weighted by molar-refractivity contribution is 0.0343. The standard InChI is InChI=1S/C24H31N7O4/c1-3-18-21(35-15(2)27-18)23(33)29-24-28-19-13-16(22(26)32)12-17(14-30-8-10-34-11-9-30)20(19)31(24)7-5-4-6-25/h4-5,12-13H,3,6-11,14,25H2,1-2H3,(H2,26,32)(H,28,29,33)/b5-4+. The van der Waals surface area contributed by atoms with E-state index in [0.717, 1.165) is 24.2 Å². The van der Waals surface area contributed by atoms with Crippen molar-refractivity contribution in [3.63, 3.8) is 0 Å². The Labute approximate surface area is 203 Å². The van der Waals surface area contributed by atoms with Gasteiger partial charge in [-0.3, -0.25) is 19.8 Å². The van der Waals surface area contributed by atoms with Gasteiger partial charge >= 0.3 is 0 Å². The van der Waals surface area contributed by atoms with E-state index in [1.54, 1.807) is 19.1 Å². The van der Waals surface area contributed by atoms with Crippen LogP contribution in [0.4, 0.5) is 5.95 Å². The number of hydrogen-bond donors (Lipinski definition) is 3. The van der Waals surface area contributed by atoms with Crippen molar-refractivity contribution in [3.05, 3.63) is 52.8 Å². The molecule has 0 radical (unpaired) electrons. The first-order valence-corrected chi connectivity index (χ1v) is 11.7. The lowest BCUT2D eigenvalue weighted by atomic mass is 10.1. The number of benzene rings is 1. The number of aromatic nitrogens is 3. The molecule has 0 spiro atoms. The third-order valence-corrected chi connectivity index (χ3v) is 5.86. The smallest absolute Gasteiger partial charge is 0.295 e. The summed E-state index contributed by atoms with van der Waals surface area (Å²) in [6.45, 7) is 7.85. The number of nitrogens with two attached hydrogens (primary N) is 2. The van der Waals surface area contributed by atoms with Crippen LogP contribution in [-0.4, -0.2) is 64.1 Å². The average molecular weight is 482 g/mol. The van der Waals surface area contributed by atoms with E-state index in [1.165, 1.54) is 0 Å². The van der Waals surface area contributed by atoms with Crippen molar-refractivity contribution in [1.82, 2.24) is 19.4 Å². The molecule has 1 aromatic carbocycles. The highest BCUT2D eigenvalue weighted by Crippen LogP contribution is 2.28. The van der Waals surface area contributed by atoms with Gasteiger partial charge in [0.2, 0.25) is 17.6 Å². The predicted molar refractivity (Wildman–Crippen MR) is 131 cm³/mol. The fourth-order valence-corrected chi connectivity index (χ4v) is 4.21. The number of carbonyl (C=O) groups excluding carboxylic acids is 2. The minimum Gasteiger partial charge on any atom is -0.436 e. The van der Waals surface area contributed by atoms with Gasteiger partial charge in [0.05, 0.1) is 29.9 Å². The fraction of sp³-hybridized carbons (Fsp3) is 0.417. The number of amides is 2. The molecule has 186 valence electrons. The average Bonchev–Trinajstić information content (AvgIpc) is 3.39. The molecule has 35 heavy (non-hydrogen) atoms. The lowest BCUT2D eigenvalue weighted by Gasteiger charge is -2.27. The molecule has 0 aliphatic carbocycles. The Balaban J connectivity index is 1.80. The van der Waals surface area contributed by atoms with Crippen molar-refractivity contribution in [2.45, 2.75) is 33.4 Å². The molecule has 2 amide bonds. The van der Waals surface area contributed by atoms with Gasteiger partial charge in [0.1, 0.15) is 0 Å². The zero-order valence-electron chi connectivity index (χ0n) is 20.0. The number of aryl methyl sites for hydroxylation is 2. The zero-order chi connectivity index (χ0) is 24.9. The van der Waals surface area contributed by atoms with Crippen LogP contribution in [0, 0.1) is 6.92 Å². The van der Waals surface area contributed by atoms with Gasteiger partial charge in [0, 0.05) is 45.2 Å². The van der Waals surface area contributed by atoms with Crippen LogP contribution in [0.15, 0.2) is 28.7 Å². The molecule has 0 bridgehead atoms. The van der Waals surface area contributed by atoms with E-state index in [0.29, 0.717) is 67.9 Å². The van der Waals surface area contributed by atoms with E-state index < -0.39 is 11.8 Å². The first kappa shape index (κ1) is 24.6. The van der Waals surface area contributed by atoms with Crippen LogP contribution in [-0.2, 0) is 24.2 Å². The van der Waals surface area contributed by atoms with Gasteiger partial charge in [0.15, 0.2) is 5.89 Å². The molecule has 1 aliphatic heterocycles. The van der Waals surface area contributed by atoms with Crippen LogP contribution in [0.5, 0.6) is 0 Å². The van der Waals surface area contributed by atoms with E-state index >= 15 is 0 Å². The van der Waals surface area contributed by atoms with Crippen LogP contribution in [0.3, 0.4) is 0 Å². The summed E-state index contributed by atoms with van der Waals surface area (Å²) in [6.07, 6.45) is 4.31. The van der Waals surface area contributed by atoms with Gasteiger partial charge < -0.3 is 25.2 Å². The number of fused-ring (bicyclic) bond motifs is 1. The molecule has 3 heterocycles. The second-order valence-corrected chi connectivity index (χ2v) is 8.33. The maximum absolute atomic E-state index is 13.1. The first-order chi connectivity index (χ1) is 16.9. The van der Waals surface area contributed by atoms with Crippen molar-refractivity contribution in [3.8, 4) is 0 Å². The van der Waals surface area contributed by atoms with Crippen molar-refractivity contribution in [2.24, 2.45) is 11.5 Å². The van der Waals surface area contributed by atoms with Gasteiger partial charge in [0.25, 0.3) is 5.91 Å². The van der Waals surface area contributed by atoms with E-state index in [9.17, 15) is 9.59 Å².